The Labute approximate surface area is 148 Å². The topological polar surface area (TPSA) is 70.2 Å². The van der Waals surface area contributed by atoms with Crippen LogP contribution in [0.15, 0.2) is 36.4 Å². The maximum atomic E-state index is 13.6. The predicted octanol–water partition coefficient (Wildman–Crippen LogP) is 3.54. The highest BCUT2D eigenvalue weighted by molar-refractivity contribution is 6.33. The lowest BCUT2D eigenvalue weighted by atomic mass is 10.2. The summed E-state index contributed by atoms with van der Waals surface area (Å²) in [5, 5.41) is 8.36. The van der Waals surface area contributed by atoms with E-state index >= 15 is 0 Å². The van der Waals surface area contributed by atoms with Crippen molar-refractivity contribution in [3.05, 3.63) is 57.8 Å². The Hall–Kier alpha value is -2.31. The van der Waals surface area contributed by atoms with Crippen molar-refractivity contribution in [2.24, 2.45) is 0 Å². The third-order valence-electron chi connectivity index (χ3n) is 3.10. The van der Waals surface area contributed by atoms with Gasteiger partial charge in [0.1, 0.15) is 5.82 Å². The van der Waals surface area contributed by atoms with E-state index in [2.05, 4.69) is 16.0 Å². The van der Waals surface area contributed by atoms with E-state index in [-0.39, 0.29) is 18.1 Å². The Kier molecular flexibility index (Phi) is 6.00. The lowest BCUT2D eigenvalue weighted by Crippen LogP contribution is -2.23. The van der Waals surface area contributed by atoms with E-state index in [1.807, 2.05) is 0 Å². The molecule has 2 aromatic rings. The van der Waals surface area contributed by atoms with Gasteiger partial charge in [-0.2, -0.15) is 0 Å². The van der Waals surface area contributed by atoms with Gasteiger partial charge in [-0.15, -0.1) is 0 Å². The summed E-state index contributed by atoms with van der Waals surface area (Å²) in [6, 6.07) is 8.49. The number of hydrogen-bond acceptors (Lipinski definition) is 3. The molecule has 0 aliphatic heterocycles. The molecule has 126 valence electrons. The van der Waals surface area contributed by atoms with Gasteiger partial charge in [0.25, 0.3) is 5.91 Å². The second-order valence-corrected chi connectivity index (χ2v) is 5.64. The van der Waals surface area contributed by atoms with Crippen LogP contribution in [0.2, 0.25) is 10.0 Å². The number of carbonyl (C=O) groups is 2. The Morgan fingerprint density at radius 3 is 2.54 bits per heavy atom. The number of benzene rings is 2. The SMILES string of the molecule is CNC(=O)c1ccc(Cl)c(NCC(=O)Nc2cc(Cl)ccc2F)c1. The highest BCUT2D eigenvalue weighted by Gasteiger charge is 2.10. The van der Waals surface area contributed by atoms with E-state index in [0.717, 1.165) is 6.07 Å². The molecule has 0 saturated carbocycles. The average Bonchev–Trinajstić information content (AvgIpc) is 2.56. The monoisotopic (exact) mass is 369 g/mol. The van der Waals surface area contributed by atoms with Crippen molar-refractivity contribution in [1.29, 1.82) is 0 Å². The fourth-order valence-corrected chi connectivity index (χ4v) is 2.27. The lowest BCUT2D eigenvalue weighted by molar-refractivity contribution is -0.114. The molecule has 0 saturated heterocycles. The molecule has 0 aliphatic carbocycles. The standard InChI is InChI=1S/C16H14Cl2FN3O2/c1-20-16(24)9-2-4-11(18)13(6-9)21-8-15(23)22-14-7-10(17)3-5-12(14)19/h2-7,21H,8H2,1H3,(H,20,24)(H,22,23). The minimum atomic E-state index is -0.590. The summed E-state index contributed by atoms with van der Waals surface area (Å²) in [5.41, 5.74) is 0.796. The summed E-state index contributed by atoms with van der Waals surface area (Å²) in [6.45, 7) is -0.164. The van der Waals surface area contributed by atoms with Gasteiger partial charge in [-0.3, -0.25) is 9.59 Å². The molecule has 3 N–H and O–H groups in total. The minimum absolute atomic E-state index is 0.0143. The molecule has 0 atom stereocenters. The fourth-order valence-electron chi connectivity index (χ4n) is 1.91. The van der Waals surface area contributed by atoms with Crippen LogP contribution in [0.3, 0.4) is 0 Å². The molecule has 2 amide bonds. The van der Waals surface area contributed by atoms with Crippen molar-refractivity contribution >= 4 is 46.4 Å². The van der Waals surface area contributed by atoms with Crippen LogP contribution < -0.4 is 16.0 Å². The van der Waals surface area contributed by atoms with Crippen molar-refractivity contribution in [1.82, 2.24) is 5.32 Å². The van der Waals surface area contributed by atoms with Crippen LogP contribution in [-0.2, 0) is 4.79 Å². The van der Waals surface area contributed by atoms with Gasteiger partial charge in [-0.1, -0.05) is 23.2 Å². The largest absolute Gasteiger partial charge is 0.375 e. The summed E-state index contributed by atoms with van der Waals surface area (Å²) in [6.07, 6.45) is 0. The zero-order chi connectivity index (χ0) is 17.7. The molecule has 0 fully saturated rings. The van der Waals surface area contributed by atoms with Crippen LogP contribution in [0.4, 0.5) is 15.8 Å². The first-order chi connectivity index (χ1) is 11.4. The van der Waals surface area contributed by atoms with Crippen molar-refractivity contribution in [2.75, 3.05) is 24.2 Å². The van der Waals surface area contributed by atoms with Gasteiger partial charge in [0.2, 0.25) is 5.91 Å². The van der Waals surface area contributed by atoms with Crippen molar-refractivity contribution in [2.45, 2.75) is 0 Å². The average molecular weight is 370 g/mol. The van der Waals surface area contributed by atoms with E-state index in [4.69, 9.17) is 23.2 Å². The lowest BCUT2D eigenvalue weighted by Gasteiger charge is -2.11. The number of anilines is 2. The number of hydrogen-bond donors (Lipinski definition) is 3. The molecule has 0 unspecified atom stereocenters. The molecule has 0 aliphatic rings. The Morgan fingerprint density at radius 1 is 1.08 bits per heavy atom. The predicted molar refractivity (Wildman–Crippen MR) is 93.4 cm³/mol. The Balaban J connectivity index is 2.03. The van der Waals surface area contributed by atoms with Gasteiger partial charge >= 0.3 is 0 Å². The zero-order valence-corrected chi connectivity index (χ0v) is 14.1. The van der Waals surface area contributed by atoms with E-state index in [0.29, 0.717) is 21.3 Å². The van der Waals surface area contributed by atoms with Crippen LogP contribution >= 0.6 is 23.2 Å². The van der Waals surface area contributed by atoms with Gasteiger partial charge in [0.05, 0.1) is 22.9 Å². The van der Waals surface area contributed by atoms with Crippen molar-refractivity contribution in [3.8, 4) is 0 Å². The number of halogens is 3. The smallest absolute Gasteiger partial charge is 0.251 e. The molecule has 0 radical (unpaired) electrons. The minimum Gasteiger partial charge on any atom is -0.375 e. The van der Waals surface area contributed by atoms with Gasteiger partial charge in [-0.25, -0.2) is 4.39 Å². The number of amides is 2. The zero-order valence-electron chi connectivity index (χ0n) is 12.6. The van der Waals surface area contributed by atoms with Crippen LogP contribution in [-0.4, -0.2) is 25.4 Å². The summed E-state index contributed by atoms with van der Waals surface area (Å²) in [5.74, 6) is -1.36. The summed E-state index contributed by atoms with van der Waals surface area (Å²) >= 11 is 11.8. The highest BCUT2D eigenvalue weighted by Crippen LogP contribution is 2.23. The quantitative estimate of drug-likeness (QED) is 0.754. The molecule has 0 aromatic heterocycles. The van der Waals surface area contributed by atoms with Gasteiger partial charge < -0.3 is 16.0 Å². The van der Waals surface area contributed by atoms with Crippen LogP contribution in [0, 0.1) is 5.82 Å². The first-order valence-electron chi connectivity index (χ1n) is 6.91. The summed E-state index contributed by atoms with van der Waals surface area (Å²) < 4.78 is 13.6. The number of rotatable bonds is 5. The van der Waals surface area contributed by atoms with Gasteiger partial charge in [0, 0.05) is 17.6 Å². The molecule has 0 heterocycles. The molecular weight excluding hydrogens is 356 g/mol. The summed E-state index contributed by atoms with van der Waals surface area (Å²) in [4.78, 5) is 23.5. The van der Waals surface area contributed by atoms with Crippen LogP contribution in [0.25, 0.3) is 0 Å². The van der Waals surface area contributed by atoms with Crippen molar-refractivity contribution < 1.29 is 14.0 Å². The molecule has 2 rings (SSSR count). The number of nitrogens with one attached hydrogen (secondary N) is 3. The van der Waals surface area contributed by atoms with Gasteiger partial charge in [0.15, 0.2) is 0 Å². The van der Waals surface area contributed by atoms with Crippen LogP contribution in [0.5, 0.6) is 0 Å². The third kappa shape index (κ3) is 4.59. The van der Waals surface area contributed by atoms with E-state index in [9.17, 15) is 14.0 Å². The molecular formula is C16H14Cl2FN3O2. The molecule has 24 heavy (non-hydrogen) atoms. The Morgan fingerprint density at radius 2 is 1.83 bits per heavy atom. The maximum Gasteiger partial charge on any atom is 0.251 e. The van der Waals surface area contributed by atoms with E-state index in [1.54, 1.807) is 12.1 Å². The molecule has 5 nitrogen and oxygen atoms in total. The van der Waals surface area contributed by atoms with E-state index < -0.39 is 11.7 Å². The molecule has 8 heteroatoms. The molecule has 0 spiro atoms. The Bertz CT molecular complexity index is 784. The number of carbonyl (C=O) groups excluding carboxylic acids is 2. The normalized spacial score (nSPS) is 10.2. The first-order valence-corrected chi connectivity index (χ1v) is 7.66. The second kappa shape index (κ2) is 7.99. The molecule has 0 bridgehead atoms. The highest BCUT2D eigenvalue weighted by atomic mass is 35.5. The molecule has 2 aromatic carbocycles. The van der Waals surface area contributed by atoms with Crippen molar-refractivity contribution in [3.63, 3.8) is 0 Å². The van der Waals surface area contributed by atoms with E-state index in [1.165, 1.54) is 25.2 Å². The third-order valence-corrected chi connectivity index (χ3v) is 3.66. The fraction of sp³-hybridized carbons (Fsp3) is 0.125. The van der Waals surface area contributed by atoms with Gasteiger partial charge in [-0.05, 0) is 36.4 Å². The van der Waals surface area contributed by atoms with Crippen LogP contribution in [0.1, 0.15) is 10.4 Å². The summed E-state index contributed by atoms with van der Waals surface area (Å²) in [7, 11) is 1.51. The maximum absolute atomic E-state index is 13.6. The first kappa shape index (κ1) is 18.0. The second-order valence-electron chi connectivity index (χ2n) is 4.80.